The van der Waals surface area contributed by atoms with Gasteiger partial charge in [0.2, 0.25) is 0 Å². The minimum atomic E-state index is -0.273. The fourth-order valence-electron chi connectivity index (χ4n) is 3.25. The molecule has 0 aliphatic carbocycles. The first-order valence-electron chi connectivity index (χ1n) is 9.15. The quantitative estimate of drug-likeness (QED) is 0.482. The maximum Gasteiger partial charge on any atom is 0.314 e. The molecule has 0 saturated carbocycles. The predicted octanol–water partition coefficient (Wildman–Crippen LogP) is 5.85. The summed E-state index contributed by atoms with van der Waals surface area (Å²) in [6.07, 6.45) is 2.72. The molecule has 0 saturated heterocycles. The maximum absolute atomic E-state index is 12.8. The Bertz CT molecular complexity index is 869. The Morgan fingerprint density at radius 3 is 2.41 bits per heavy atom. The smallest absolute Gasteiger partial charge is 0.314 e. The van der Waals surface area contributed by atoms with Crippen LogP contribution in [-0.2, 0) is 22.6 Å². The number of esters is 1. The van der Waals surface area contributed by atoms with Crippen molar-refractivity contribution in [3.63, 3.8) is 0 Å². The van der Waals surface area contributed by atoms with Crippen LogP contribution in [-0.4, -0.2) is 11.0 Å². The van der Waals surface area contributed by atoms with Crippen molar-refractivity contribution >= 4 is 21.9 Å². The van der Waals surface area contributed by atoms with E-state index in [1.54, 1.807) is 0 Å². The van der Waals surface area contributed by atoms with E-state index in [0.717, 1.165) is 27.7 Å². The van der Waals surface area contributed by atoms with Crippen LogP contribution in [0.25, 0.3) is 0 Å². The summed E-state index contributed by atoms with van der Waals surface area (Å²) in [5, 5.41) is 0. The molecule has 0 fully saturated rings. The molecule has 1 unspecified atom stereocenters. The zero-order valence-corrected chi connectivity index (χ0v) is 17.2. The van der Waals surface area contributed by atoms with Crippen LogP contribution in [0.2, 0.25) is 0 Å². The van der Waals surface area contributed by atoms with Crippen LogP contribution in [0.15, 0.2) is 71.3 Å². The molecule has 3 rings (SSSR count). The van der Waals surface area contributed by atoms with Gasteiger partial charge in [0.1, 0.15) is 6.61 Å². The van der Waals surface area contributed by atoms with Crippen molar-refractivity contribution in [3.05, 3.63) is 93.7 Å². The highest BCUT2D eigenvalue weighted by atomic mass is 79.9. The van der Waals surface area contributed by atoms with Gasteiger partial charge in [0.25, 0.3) is 0 Å². The molecule has 0 radical (unpaired) electrons. The Morgan fingerprint density at radius 1 is 1.04 bits per heavy atom. The molecule has 4 heteroatoms. The Labute approximate surface area is 168 Å². The number of aromatic nitrogens is 1. The van der Waals surface area contributed by atoms with Crippen molar-refractivity contribution in [3.8, 4) is 0 Å². The fraction of sp³-hybridized carbons (Fsp3) is 0.261. The Balaban J connectivity index is 1.68. The average Bonchev–Trinajstić information content (AvgIpc) is 3.09. The first kappa shape index (κ1) is 19.4. The molecule has 2 aromatic carbocycles. The van der Waals surface area contributed by atoms with Gasteiger partial charge in [-0.3, -0.25) is 4.79 Å². The number of halogens is 1. The van der Waals surface area contributed by atoms with Crippen LogP contribution in [0.5, 0.6) is 0 Å². The van der Waals surface area contributed by atoms with Crippen LogP contribution < -0.4 is 0 Å². The van der Waals surface area contributed by atoms with Crippen LogP contribution in [0, 0.1) is 5.92 Å². The number of nitrogens with one attached hydrogen (secondary N) is 1. The number of ether oxygens (including phenoxy) is 1. The van der Waals surface area contributed by atoms with Gasteiger partial charge in [-0.15, -0.1) is 0 Å². The zero-order valence-electron chi connectivity index (χ0n) is 15.6. The molecule has 0 aliphatic rings. The highest BCUT2D eigenvalue weighted by Gasteiger charge is 2.26. The molecule has 27 heavy (non-hydrogen) atoms. The first-order valence-corrected chi connectivity index (χ1v) is 9.95. The number of hydrogen-bond donors (Lipinski definition) is 1. The van der Waals surface area contributed by atoms with E-state index in [-0.39, 0.29) is 24.4 Å². The second-order valence-corrected chi connectivity index (χ2v) is 7.94. The standard InChI is InChI=1S/C23H24BrNO2/c1-16(2)22(18-8-10-20(24)11-9-18)23(26)27-15-21-19(12-13-25-21)14-17-6-4-3-5-7-17/h3-13,16,22,25H,14-15H2,1-2H3. The minimum absolute atomic E-state index is 0.158. The molecule has 0 spiro atoms. The topological polar surface area (TPSA) is 42.1 Å². The highest BCUT2D eigenvalue weighted by molar-refractivity contribution is 9.10. The summed E-state index contributed by atoms with van der Waals surface area (Å²) in [4.78, 5) is 16.0. The zero-order chi connectivity index (χ0) is 19.2. The van der Waals surface area contributed by atoms with Crippen molar-refractivity contribution < 1.29 is 9.53 Å². The second kappa shape index (κ2) is 9.05. The van der Waals surface area contributed by atoms with E-state index in [9.17, 15) is 4.79 Å². The van der Waals surface area contributed by atoms with Crippen molar-refractivity contribution in [1.82, 2.24) is 4.98 Å². The van der Waals surface area contributed by atoms with E-state index in [0.29, 0.717) is 0 Å². The summed E-state index contributed by atoms with van der Waals surface area (Å²) in [6.45, 7) is 4.35. The number of hydrogen-bond acceptors (Lipinski definition) is 2. The number of aromatic amines is 1. The number of carbonyl (C=O) groups is 1. The van der Waals surface area contributed by atoms with Crippen molar-refractivity contribution in [2.24, 2.45) is 5.92 Å². The van der Waals surface area contributed by atoms with Crippen molar-refractivity contribution in [1.29, 1.82) is 0 Å². The summed E-state index contributed by atoms with van der Waals surface area (Å²) in [7, 11) is 0. The lowest BCUT2D eigenvalue weighted by Gasteiger charge is -2.20. The largest absolute Gasteiger partial charge is 0.459 e. The molecule has 3 nitrogen and oxygen atoms in total. The van der Waals surface area contributed by atoms with Gasteiger partial charge in [-0.25, -0.2) is 0 Å². The average molecular weight is 426 g/mol. The van der Waals surface area contributed by atoms with Crippen LogP contribution >= 0.6 is 15.9 Å². The molecule has 1 N–H and O–H groups in total. The summed E-state index contributed by atoms with van der Waals surface area (Å²) in [5.41, 5.74) is 4.32. The van der Waals surface area contributed by atoms with Gasteiger partial charge in [-0.05, 0) is 47.2 Å². The summed E-state index contributed by atoms with van der Waals surface area (Å²) < 4.78 is 6.69. The minimum Gasteiger partial charge on any atom is -0.459 e. The van der Waals surface area contributed by atoms with Gasteiger partial charge in [0, 0.05) is 10.7 Å². The van der Waals surface area contributed by atoms with Crippen LogP contribution in [0.1, 0.15) is 42.1 Å². The molecular weight excluding hydrogens is 402 g/mol. The van der Waals surface area contributed by atoms with E-state index in [1.807, 2.05) is 68.6 Å². The molecule has 0 bridgehead atoms. The number of carbonyl (C=O) groups excluding carboxylic acids is 1. The molecule has 1 heterocycles. The van der Waals surface area contributed by atoms with Gasteiger partial charge in [0.15, 0.2) is 0 Å². The molecule has 0 aliphatic heterocycles. The van der Waals surface area contributed by atoms with E-state index >= 15 is 0 Å². The summed E-state index contributed by atoms with van der Waals surface area (Å²) in [6, 6.07) is 20.2. The van der Waals surface area contributed by atoms with Crippen LogP contribution in [0.3, 0.4) is 0 Å². The molecule has 1 aromatic heterocycles. The first-order chi connectivity index (χ1) is 13.0. The Hall–Kier alpha value is -2.33. The molecule has 3 aromatic rings. The highest BCUT2D eigenvalue weighted by Crippen LogP contribution is 2.28. The lowest BCUT2D eigenvalue weighted by molar-refractivity contribution is -0.148. The van der Waals surface area contributed by atoms with Gasteiger partial charge in [-0.1, -0.05) is 72.2 Å². The third-order valence-corrected chi connectivity index (χ3v) is 5.20. The van der Waals surface area contributed by atoms with E-state index in [1.165, 1.54) is 5.56 Å². The van der Waals surface area contributed by atoms with Gasteiger partial charge in [0.05, 0.1) is 11.6 Å². The van der Waals surface area contributed by atoms with Gasteiger partial charge >= 0.3 is 5.97 Å². The third-order valence-electron chi connectivity index (χ3n) is 4.68. The van der Waals surface area contributed by atoms with Crippen molar-refractivity contribution in [2.75, 3.05) is 0 Å². The van der Waals surface area contributed by atoms with E-state index < -0.39 is 0 Å². The molecular formula is C23H24BrNO2. The third kappa shape index (κ3) is 5.10. The summed E-state index contributed by atoms with van der Waals surface area (Å²) >= 11 is 3.44. The number of H-pyrrole nitrogens is 1. The second-order valence-electron chi connectivity index (χ2n) is 7.02. The maximum atomic E-state index is 12.8. The molecule has 1 atom stereocenters. The normalized spacial score (nSPS) is 12.1. The lowest BCUT2D eigenvalue weighted by atomic mass is 9.88. The van der Waals surface area contributed by atoms with Crippen molar-refractivity contribution in [2.45, 2.75) is 32.8 Å². The van der Waals surface area contributed by atoms with E-state index in [4.69, 9.17) is 4.74 Å². The number of benzene rings is 2. The Kier molecular flexibility index (Phi) is 6.51. The fourth-order valence-corrected chi connectivity index (χ4v) is 3.51. The predicted molar refractivity (Wildman–Crippen MR) is 112 cm³/mol. The van der Waals surface area contributed by atoms with Crippen LogP contribution in [0.4, 0.5) is 0 Å². The van der Waals surface area contributed by atoms with Gasteiger partial charge in [-0.2, -0.15) is 0 Å². The monoisotopic (exact) mass is 425 g/mol. The number of rotatable bonds is 7. The van der Waals surface area contributed by atoms with E-state index in [2.05, 4.69) is 33.0 Å². The van der Waals surface area contributed by atoms with Gasteiger partial charge < -0.3 is 9.72 Å². The lowest BCUT2D eigenvalue weighted by Crippen LogP contribution is -2.21. The SMILES string of the molecule is CC(C)C(C(=O)OCc1[nH]ccc1Cc1ccccc1)c1ccc(Br)cc1. The molecule has 0 amide bonds. The molecule has 140 valence electrons. The Morgan fingerprint density at radius 2 is 1.74 bits per heavy atom. The summed E-state index contributed by atoms with van der Waals surface area (Å²) in [5.74, 6) is -0.302.